The fraction of sp³-hybridized carbons (Fsp3) is 0.394. The maximum atomic E-state index is 14.3. The Morgan fingerprint density at radius 3 is 2.14 bits per heavy atom. The number of methoxy groups -OCH3 is 1. The summed E-state index contributed by atoms with van der Waals surface area (Å²) in [5.41, 5.74) is 3.83. The molecule has 0 bridgehead atoms. The third-order valence-corrected chi connectivity index (χ3v) is 8.77. The summed E-state index contributed by atoms with van der Waals surface area (Å²) in [5.74, 6) is -0.220. The van der Waals surface area contributed by atoms with Gasteiger partial charge in [-0.15, -0.1) is 0 Å². The number of anilines is 1. The molecule has 8 nitrogen and oxygen atoms in total. The second-order valence-corrected chi connectivity index (χ2v) is 12.9. The highest BCUT2D eigenvalue weighted by atomic mass is 32.2. The lowest BCUT2D eigenvalue weighted by atomic mass is 10.1. The average Bonchev–Trinajstić information content (AvgIpc) is 2.94. The zero-order chi connectivity index (χ0) is 31.0. The van der Waals surface area contributed by atoms with Crippen molar-refractivity contribution in [2.75, 3.05) is 24.5 Å². The molecule has 0 spiro atoms. The van der Waals surface area contributed by atoms with Gasteiger partial charge in [-0.1, -0.05) is 74.4 Å². The lowest BCUT2D eigenvalue weighted by Gasteiger charge is -2.33. The predicted molar refractivity (Wildman–Crippen MR) is 167 cm³/mol. The number of amides is 2. The molecule has 226 valence electrons. The van der Waals surface area contributed by atoms with Gasteiger partial charge < -0.3 is 15.0 Å². The minimum Gasteiger partial charge on any atom is -0.495 e. The molecule has 0 heterocycles. The fourth-order valence-corrected chi connectivity index (χ4v) is 6.11. The normalized spacial score (nSPS) is 12.1. The van der Waals surface area contributed by atoms with E-state index in [9.17, 15) is 18.0 Å². The lowest BCUT2D eigenvalue weighted by Crippen LogP contribution is -2.52. The van der Waals surface area contributed by atoms with Crippen molar-refractivity contribution in [2.45, 2.75) is 65.4 Å². The van der Waals surface area contributed by atoms with E-state index in [2.05, 4.69) is 5.32 Å². The van der Waals surface area contributed by atoms with Gasteiger partial charge in [0.05, 0.1) is 17.7 Å². The van der Waals surface area contributed by atoms with Crippen molar-refractivity contribution in [3.8, 4) is 5.75 Å². The number of rotatable bonds is 13. The summed E-state index contributed by atoms with van der Waals surface area (Å²) in [4.78, 5) is 29.2. The molecule has 1 unspecified atom stereocenters. The minimum atomic E-state index is -4.20. The van der Waals surface area contributed by atoms with Crippen LogP contribution in [0.2, 0.25) is 0 Å². The summed E-state index contributed by atoms with van der Waals surface area (Å²) in [6.45, 7) is 11.6. The van der Waals surface area contributed by atoms with E-state index in [1.807, 2.05) is 71.9 Å². The summed E-state index contributed by atoms with van der Waals surface area (Å²) in [6.07, 6.45) is 0.361. The van der Waals surface area contributed by atoms with E-state index in [1.54, 1.807) is 24.3 Å². The number of hydrogen-bond acceptors (Lipinski definition) is 5. The van der Waals surface area contributed by atoms with Crippen LogP contribution in [0.5, 0.6) is 5.75 Å². The monoisotopic (exact) mass is 593 g/mol. The van der Waals surface area contributed by atoms with Crippen molar-refractivity contribution in [3.05, 3.63) is 89.0 Å². The molecule has 0 saturated carbocycles. The largest absolute Gasteiger partial charge is 0.495 e. The average molecular weight is 594 g/mol. The van der Waals surface area contributed by atoms with E-state index in [0.717, 1.165) is 26.6 Å². The number of hydrogen-bond donors (Lipinski definition) is 1. The Labute approximate surface area is 250 Å². The molecular weight excluding hydrogens is 550 g/mol. The second kappa shape index (κ2) is 14.4. The van der Waals surface area contributed by atoms with Gasteiger partial charge in [0.15, 0.2) is 0 Å². The number of carbonyl (C=O) groups excluding carboxylic acids is 2. The van der Waals surface area contributed by atoms with Gasteiger partial charge in [0.25, 0.3) is 10.0 Å². The molecule has 1 N–H and O–H groups in total. The van der Waals surface area contributed by atoms with Crippen LogP contribution < -0.4 is 14.4 Å². The maximum Gasteiger partial charge on any atom is 0.264 e. The first-order valence-corrected chi connectivity index (χ1v) is 15.7. The van der Waals surface area contributed by atoms with Crippen LogP contribution >= 0.6 is 0 Å². The summed E-state index contributed by atoms with van der Waals surface area (Å²) in [5, 5.41) is 2.95. The molecule has 0 aliphatic heterocycles. The minimum absolute atomic E-state index is 0.0522. The Kier molecular flexibility index (Phi) is 11.2. The van der Waals surface area contributed by atoms with Gasteiger partial charge in [-0.05, 0) is 68.5 Å². The molecule has 3 rings (SSSR count). The molecule has 3 aromatic carbocycles. The summed E-state index contributed by atoms with van der Waals surface area (Å²) < 4.78 is 35.0. The van der Waals surface area contributed by atoms with Crippen molar-refractivity contribution in [3.63, 3.8) is 0 Å². The van der Waals surface area contributed by atoms with E-state index in [1.165, 1.54) is 24.1 Å². The first kappa shape index (κ1) is 32.7. The van der Waals surface area contributed by atoms with Gasteiger partial charge in [0, 0.05) is 13.1 Å². The topological polar surface area (TPSA) is 96.0 Å². The fourth-order valence-electron chi connectivity index (χ4n) is 4.69. The van der Waals surface area contributed by atoms with Crippen LogP contribution in [0.1, 0.15) is 49.4 Å². The molecule has 0 radical (unpaired) electrons. The van der Waals surface area contributed by atoms with E-state index < -0.39 is 28.5 Å². The number of aryl methyl sites for hydroxylation is 3. The number of carbonyl (C=O) groups is 2. The zero-order valence-electron chi connectivity index (χ0n) is 25.7. The number of sulfonamides is 1. The molecule has 1 atom stereocenters. The van der Waals surface area contributed by atoms with Crippen molar-refractivity contribution in [1.29, 1.82) is 0 Å². The molecule has 9 heteroatoms. The number of nitrogens with one attached hydrogen (secondary N) is 1. The van der Waals surface area contributed by atoms with E-state index in [-0.39, 0.29) is 29.0 Å². The van der Waals surface area contributed by atoms with Gasteiger partial charge in [-0.25, -0.2) is 8.42 Å². The van der Waals surface area contributed by atoms with Crippen molar-refractivity contribution in [2.24, 2.45) is 5.92 Å². The molecule has 0 aliphatic rings. The number of ether oxygens (including phenoxy) is 1. The molecule has 3 aromatic rings. The second-order valence-electron chi connectivity index (χ2n) is 11.1. The Bertz CT molecular complexity index is 1490. The van der Waals surface area contributed by atoms with E-state index in [0.29, 0.717) is 18.7 Å². The molecule has 2 amide bonds. The Hall–Kier alpha value is -3.85. The zero-order valence-corrected chi connectivity index (χ0v) is 26.5. The van der Waals surface area contributed by atoms with Crippen LogP contribution in [0, 0.1) is 26.7 Å². The van der Waals surface area contributed by atoms with Crippen LogP contribution in [-0.4, -0.2) is 51.4 Å². The number of benzene rings is 3. The van der Waals surface area contributed by atoms with Crippen molar-refractivity contribution in [1.82, 2.24) is 10.2 Å². The van der Waals surface area contributed by atoms with E-state index >= 15 is 0 Å². The summed E-state index contributed by atoms with van der Waals surface area (Å²) >= 11 is 0. The third-order valence-electron chi connectivity index (χ3n) is 7.00. The lowest BCUT2D eigenvalue weighted by molar-refractivity contribution is -0.140. The molecular formula is C33H43N3O5S. The van der Waals surface area contributed by atoms with Gasteiger partial charge in [0.1, 0.15) is 18.3 Å². The van der Waals surface area contributed by atoms with Crippen molar-refractivity contribution >= 4 is 27.5 Å². The predicted octanol–water partition coefficient (Wildman–Crippen LogP) is 5.40. The highest BCUT2D eigenvalue weighted by Gasteiger charge is 2.34. The Morgan fingerprint density at radius 2 is 1.55 bits per heavy atom. The first-order valence-electron chi connectivity index (χ1n) is 14.2. The molecule has 0 saturated heterocycles. The summed E-state index contributed by atoms with van der Waals surface area (Å²) in [6, 6.07) is 18.6. The third kappa shape index (κ3) is 8.12. The van der Waals surface area contributed by atoms with Gasteiger partial charge >= 0.3 is 0 Å². The van der Waals surface area contributed by atoms with Crippen LogP contribution in [0.15, 0.2) is 71.6 Å². The SMILES string of the molecule is CCC(C(=O)NCC(C)C)N(Cc1cccc(C)c1)C(=O)CN(c1cc(C)ccc1OC)S(=O)(=O)c1ccc(C)cc1. The standard InChI is InChI=1S/C33H43N3O5S/c1-8-29(33(38)34-20-23(2)3)35(21-27-11-9-10-25(5)18-27)32(37)22-36(30-19-26(6)14-17-31(30)41-7)42(39,40)28-15-12-24(4)13-16-28/h9-19,23,29H,8,20-22H2,1-7H3,(H,34,38). The maximum absolute atomic E-state index is 14.3. The quantitative estimate of drug-likeness (QED) is 0.287. The Balaban J connectivity index is 2.12. The highest BCUT2D eigenvalue weighted by molar-refractivity contribution is 7.92. The Morgan fingerprint density at radius 1 is 0.905 bits per heavy atom. The van der Waals surface area contributed by atoms with Crippen LogP contribution in [0.4, 0.5) is 5.69 Å². The summed E-state index contributed by atoms with van der Waals surface area (Å²) in [7, 11) is -2.74. The van der Waals surface area contributed by atoms with Crippen molar-refractivity contribution < 1.29 is 22.7 Å². The van der Waals surface area contributed by atoms with Gasteiger partial charge in [0.2, 0.25) is 11.8 Å². The van der Waals surface area contributed by atoms with Gasteiger partial charge in [-0.2, -0.15) is 0 Å². The molecule has 0 aliphatic carbocycles. The van der Waals surface area contributed by atoms with E-state index in [4.69, 9.17) is 4.74 Å². The van der Waals surface area contributed by atoms with Crippen LogP contribution in [0.25, 0.3) is 0 Å². The number of nitrogens with zero attached hydrogens (tertiary/aromatic N) is 2. The molecule has 42 heavy (non-hydrogen) atoms. The highest BCUT2D eigenvalue weighted by Crippen LogP contribution is 2.34. The first-order chi connectivity index (χ1) is 19.9. The molecule has 0 aromatic heterocycles. The van der Waals surface area contributed by atoms with Crippen LogP contribution in [-0.2, 0) is 26.2 Å². The smallest absolute Gasteiger partial charge is 0.264 e. The van der Waals surface area contributed by atoms with Crippen LogP contribution in [0.3, 0.4) is 0 Å². The van der Waals surface area contributed by atoms with Gasteiger partial charge in [-0.3, -0.25) is 13.9 Å². The molecule has 0 fully saturated rings.